The number of benzene rings is 2. The first-order valence-corrected chi connectivity index (χ1v) is 13.1. The van der Waals surface area contributed by atoms with E-state index in [9.17, 15) is 9.59 Å². The molecule has 3 aromatic rings. The zero-order valence-corrected chi connectivity index (χ0v) is 22.3. The molecule has 9 nitrogen and oxygen atoms in total. The van der Waals surface area contributed by atoms with Crippen LogP contribution in [-0.2, 0) is 6.54 Å². The van der Waals surface area contributed by atoms with Crippen LogP contribution in [0.15, 0.2) is 54.0 Å². The second kappa shape index (κ2) is 12.7. The first-order valence-electron chi connectivity index (χ1n) is 12.2. The summed E-state index contributed by atoms with van der Waals surface area (Å²) in [6.07, 6.45) is 1.72. The van der Waals surface area contributed by atoms with Gasteiger partial charge in [0.2, 0.25) is 0 Å². The predicted molar refractivity (Wildman–Crippen MR) is 145 cm³/mol. The number of nitrogens with one attached hydrogen (secondary N) is 1. The number of likely N-dealkylation sites (N-methyl/N-ethyl adjacent to an activating group) is 1. The average molecular weight is 524 g/mol. The lowest BCUT2D eigenvalue weighted by Crippen LogP contribution is -2.47. The fourth-order valence-electron chi connectivity index (χ4n) is 4.18. The minimum Gasteiger partial charge on any atom is -0.493 e. The van der Waals surface area contributed by atoms with Gasteiger partial charge in [-0.2, -0.15) is 0 Å². The minimum absolute atomic E-state index is 0.0999. The molecule has 0 spiro atoms. The van der Waals surface area contributed by atoms with Gasteiger partial charge in [0, 0.05) is 68.5 Å². The van der Waals surface area contributed by atoms with Crippen molar-refractivity contribution in [2.75, 3.05) is 65.4 Å². The topological polar surface area (TPSA) is 87.2 Å². The van der Waals surface area contributed by atoms with Gasteiger partial charge in [0.15, 0.2) is 16.6 Å². The number of anilines is 1. The predicted octanol–water partition coefficient (Wildman–Crippen LogP) is 2.98. The molecule has 37 heavy (non-hydrogen) atoms. The van der Waals surface area contributed by atoms with Crippen molar-refractivity contribution >= 4 is 28.3 Å². The van der Waals surface area contributed by atoms with E-state index in [1.54, 1.807) is 42.5 Å². The lowest BCUT2D eigenvalue weighted by Gasteiger charge is -2.33. The van der Waals surface area contributed by atoms with Gasteiger partial charge < -0.3 is 19.7 Å². The number of carbonyl (C=O) groups is 2. The number of rotatable bonds is 10. The SMILES string of the molecule is COc1ccc(C(=O)NCc2cccc(C(=O)N(CCN3CCN(C)CC3)c3nccs3)c2)cc1OC. The second-order valence-electron chi connectivity index (χ2n) is 8.87. The van der Waals surface area contributed by atoms with E-state index in [2.05, 4.69) is 27.1 Å². The molecule has 0 bridgehead atoms. The van der Waals surface area contributed by atoms with E-state index in [1.807, 2.05) is 23.6 Å². The molecule has 1 aliphatic heterocycles. The summed E-state index contributed by atoms with van der Waals surface area (Å²) in [6, 6.07) is 12.4. The lowest BCUT2D eigenvalue weighted by molar-refractivity contribution is 0.0949. The number of amides is 2. The van der Waals surface area contributed by atoms with Crippen LogP contribution in [0.5, 0.6) is 11.5 Å². The monoisotopic (exact) mass is 523 g/mol. The fraction of sp³-hybridized carbons (Fsp3) is 0.370. The second-order valence-corrected chi connectivity index (χ2v) is 9.74. The highest BCUT2D eigenvalue weighted by molar-refractivity contribution is 7.13. The molecule has 0 unspecified atom stereocenters. The molecule has 2 aromatic carbocycles. The first-order chi connectivity index (χ1) is 18.0. The Morgan fingerprint density at radius 1 is 1.03 bits per heavy atom. The molecule has 1 aromatic heterocycles. The van der Waals surface area contributed by atoms with Crippen LogP contribution < -0.4 is 19.7 Å². The summed E-state index contributed by atoms with van der Waals surface area (Å²) >= 11 is 1.45. The van der Waals surface area contributed by atoms with Crippen molar-refractivity contribution in [2.45, 2.75) is 6.54 Å². The Kier molecular flexibility index (Phi) is 9.10. The molecule has 1 saturated heterocycles. The summed E-state index contributed by atoms with van der Waals surface area (Å²) in [5.74, 6) is 0.704. The van der Waals surface area contributed by atoms with Gasteiger partial charge in [0.1, 0.15) is 0 Å². The molecule has 10 heteroatoms. The van der Waals surface area contributed by atoms with E-state index >= 15 is 0 Å². The third-order valence-electron chi connectivity index (χ3n) is 6.40. The van der Waals surface area contributed by atoms with Crippen LogP contribution in [0.25, 0.3) is 0 Å². The van der Waals surface area contributed by atoms with Gasteiger partial charge in [0.05, 0.1) is 14.2 Å². The molecular formula is C27H33N5O4S. The summed E-state index contributed by atoms with van der Waals surface area (Å²) in [5.41, 5.74) is 1.85. The Morgan fingerprint density at radius 3 is 2.51 bits per heavy atom. The minimum atomic E-state index is -0.241. The Labute approximate surface area is 221 Å². The molecule has 0 radical (unpaired) electrons. The number of nitrogens with zero attached hydrogens (tertiary/aromatic N) is 4. The molecule has 0 atom stereocenters. The number of thiazole rings is 1. The maximum absolute atomic E-state index is 13.6. The maximum Gasteiger partial charge on any atom is 0.260 e. The molecule has 0 aliphatic carbocycles. The lowest BCUT2D eigenvalue weighted by atomic mass is 10.1. The smallest absolute Gasteiger partial charge is 0.260 e. The number of hydrogen-bond donors (Lipinski definition) is 1. The highest BCUT2D eigenvalue weighted by Crippen LogP contribution is 2.27. The van der Waals surface area contributed by atoms with Gasteiger partial charge in [-0.15, -0.1) is 11.3 Å². The molecule has 196 valence electrons. The van der Waals surface area contributed by atoms with Crippen LogP contribution in [0.1, 0.15) is 26.3 Å². The third kappa shape index (κ3) is 6.85. The van der Waals surface area contributed by atoms with Gasteiger partial charge in [-0.3, -0.25) is 19.4 Å². The zero-order valence-electron chi connectivity index (χ0n) is 21.5. The van der Waals surface area contributed by atoms with Crippen molar-refractivity contribution in [1.29, 1.82) is 0 Å². The first kappa shape index (κ1) is 26.6. The highest BCUT2D eigenvalue weighted by Gasteiger charge is 2.22. The molecule has 1 fully saturated rings. The van der Waals surface area contributed by atoms with Crippen LogP contribution in [0, 0.1) is 0 Å². The normalized spacial score (nSPS) is 14.2. The summed E-state index contributed by atoms with van der Waals surface area (Å²) in [5, 5.41) is 5.48. The maximum atomic E-state index is 13.6. The molecule has 1 N–H and O–H groups in total. The molecule has 4 rings (SSSR count). The van der Waals surface area contributed by atoms with E-state index in [4.69, 9.17) is 9.47 Å². The van der Waals surface area contributed by atoms with Crippen molar-refractivity contribution in [1.82, 2.24) is 20.1 Å². The Hall–Kier alpha value is -3.47. The number of piperazine rings is 1. The number of methoxy groups -OCH3 is 2. The van der Waals surface area contributed by atoms with Crippen LogP contribution in [0.4, 0.5) is 5.13 Å². The molecule has 2 amide bonds. The van der Waals surface area contributed by atoms with Crippen molar-refractivity contribution in [3.8, 4) is 11.5 Å². The van der Waals surface area contributed by atoms with Crippen molar-refractivity contribution in [3.05, 3.63) is 70.7 Å². The van der Waals surface area contributed by atoms with Crippen molar-refractivity contribution < 1.29 is 19.1 Å². The van der Waals surface area contributed by atoms with Crippen LogP contribution in [-0.4, -0.2) is 87.1 Å². The van der Waals surface area contributed by atoms with E-state index < -0.39 is 0 Å². The average Bonchev–Trinajstić information content (AvgIpc) is 3.47. The third-order valence-corrected chi connectivity index (χ3v) is 7.20. The van der Waals surface area contributed by atoms with Gasteiger partial charge >= 0.3 is 0 Å². The quantitative estimate of drug-likeness (QED) is 0.437. The fourth-order valence-corrected chi connectivity index (χ4v) is 4.84. The Balaban J connectivity index is 1.42. The van der Waals surface area contributed by atoms with Gasteiger partial charge in [0.25, 0.3) is 11.8 Å². The summed E-state index contributed by atoms with van der Waals surface area (Å²) < 4.78 is 10.5. The van der Waals surface area contributed by atoms with Crippen LogP contribution in [0.3, 0.4) is 0 Å². The number of aromatic nitrogens is 1. The molecule has 0 saturated carbocycles. The number of hydrogen-bond acceptors (Lipinski definition) is 8. The Morgan fingerprint density at radius 2 is 1.81 bits per heavy atom. The van der Waals surface area contributed by atoms with E-state index in [1.165, 1.54) is 18.4 Å². The van der Waals surface area contributed by atoms with Crippen LogP contribution in [0.2, 0.25) is 0 Å². The molecule has 1 aliphatic rings. The van der Waals surface area contributed by atoms with E-state index in [0.29, 0.717) is 34.3 Å². The summed E-state index contributed by atoms with van der Waals surface area (Å²) in [7, 11) is 5.21. The molecule has 2 heterocycles. The zero-order chi connectivity index (χ0) is 26.2. The van der Waals surface area contributed by atoms with Gasteiger partial charge in [-0.1, -0.05) is 12.1 Å². The number of ether oxygens (including phenoxy) is 2. The Bertz CT molecular complexity index is 1200. The largest absolute Gasteiger partial charge is 0.493 e. The highest BCUT2D eigenvalue weighted by atomic mass is 32.1. The summed E-state index contributed by atoms with van der Waals surface area (Å²) in [4.78, 5) is 37.1. The number of carbonyl (C=O) groups excluding carboxylic acids is 2. The van der Waals surface area contributed by atoms with Crippen molar-refractivity contribution in [2.24, 2.45) is 0 Å². The van der Waals surface area contributed by atoms with E-state index in [0.717, 1.165) is 38.3 Å². The summed E-state index contributed by atoms with van der Waals surface area (Å²) in [6.45, 7) is 5.69. The van der Waals surface area contributed by atoms with Gasteiger partial charge in [-0.25, -0.2) is 4.98 Å². The van der Waals surface area contributed by atoms with Gasteiger partial charge in [-0.05, 0) is 42.9 Å². The van der Waals surface area contributed by atoms with Crippen molar-refractivity contribution in [3.63, 3.8) is 0 Å². The van der Waals surface area contributed by atoms with E-state index in [-0.39, 0.29) is 18.4 Å². The standard InChI is InChI=1S/C27H33N5O4S/c1-30-10-12-31(13-11-30)14-15-32(27-28-9-16-37-27)26(34)22-6-4-5-20(17-22)19-29-25(33)21-7-8-23(35-2)24(18-21)36-3/h4-9,16-18H,10-15,19H2,1-3H3,(H,29,33). The van der Waals surface area contributed by atoms with Crippen LogP contribution >= 0.6 is 11.3 Å². The molecular weight excluding hydrogens is 490 g/mol.